The molecule has 2 heterocycles. The fourth-order valence-corrected chi connectivity index (χ4v) is 5.07. The zero-order valence-corrected chi connectivity index (χ0v) is 17.0. The molecule has 1 aromatic carbocycles. The lowest BCUT2D eigenvalue weighted by molar-refractivity contribution is -0.384. The van der Waals surface area contributed by atoms with Gasteiger partial charge in [0.05, 0.1) is 35.0 Å². The van der Waals surface area contributed by atoms with Gasteiger partial charge in [0.25, 0.3) is 0 Å². The molecular weight excluding hydrogens is 386 g/mol. The van der Waals surface area contributed by atoms with Crippen molar-refractivity contribution in [2.75, 3.05) is 26.3 Å². The average Bonchev–Trinajstić information content (AvgIpc) is 3.26. The van der Waals surface area contributed by atoms with Crippen LogP contribution < -0.4 is 11.5 Å². The zero-order valence-electron chi connectivity index (χ0n) is 17.0. The molecule has 1 aliphatic heterocycles. The van der Waals surface area contributed by atoms with Crippen molar-refractivity contribution in [2.24, 2.45) is 27.8 Å². The van der Waals surface area contributed by atoms with Crippen LogP contribution in [0.4, 0.5) is 11.4 Å². The number of para-hydroxylation sites is 1. The van der Waals surface area contributed by atoms with E-state index in [1.165, 1.54) is 6.20 Å². The quantitative estimate of drug-likeness (QED) is 0.293. The maximum absolute atomic E-state index is 11.7. The van der Waals surface area contributed by atoms with E-state index in [2.05, 4.69) is 14.9 Å². The number of hydrogen-bond donors (Lipinski definition) is 3. The van der Waals surface area contributed by atoms with E-state index in [4.69, 9.17) is 21.6 Å². The Morgan fingerprint density at radius 3 is 2.60 bits per heavy atom. The van der Waals surface area contributed by atoms with Crippen LogP contribution in [0.15, 0.2) is 35.5 Å². The minimum absolute atomic E-state index is 0.0266. The first-order valence-electron chi connectivity index (χ1n) is 9.76. The van der Waals surface area contributed by atoms with Gasteiger partial charge in [-0.25, -0.2) is 9.98 Å². The fraction of sp³-hybridized carbons (Fsp3) is 0.450. The predicted molar refractivity (Wildman–Crippen MR) is 114 cm³/mol. The van der Waals surface area contributed by atoms with Crippen molar-refractivity contribution in [3.05, 3.63) is 40.6 Å². The number of aromatic nitrogens is 1. The Kier molecular flexibility index (Phi) is 4.70. The lowest BCUT2D eigenvalue weighted by atomic mass is 10.0. The van der Waals surface area contributed by atoms with Gasteiger partial charge in [-0.15, -0.1) is 0 Å². The third-order valence-corrected chi connectivity index (χ3v) is 6.41. The second-order valence-electron chi connectivity index (χ2n) is 8.24. The summed E-state index contributed by atoms with van der Waals surface area (Å²) in [7, 11) is 0. The number of hydrogen-bond acceptors (Lipinski definition) is 7. The first kappa shape index (κ1) is 20.2. The Labute approximate surface area is 173 Å². The van der Waals surface area contributed by atoms with Crippen LogP contribution in [0.25, 0.3) is 10.9 Å². The van der Waals surface area contributed by atoms with Crippen molar-refractivity contribution in [1.82, 2.24) is 9.88 Å². The monoisotopic (exact) mass is 411 g/mol. The van der Waals surface area contributed by atoms with Gasteiger partial charge in [-0.2, -0.15) is 0 Å². The molecule has 0 spiro atoms. The molecule has 1 saturated carbocycles. The van der Waals surface area contributed by atoms with E-state index in [-0.39, 0.29) is 29.0 Å². The Bertz CT molecular complexity index is 1060. The molecule has 0 amide bonds. The molecule has 0 radical (unpaired) electrons. The number of rotatable bonds is 5. The first-order valence-corrected chi connectivity index (χ1v) is 9.76. The summed E-state index contributed by atoms with van der Waals surface area (Å²) < 4.78 is 5.49. The van der Waals surface area contributed by atoms with Crippen LogP contribution in [0, 0.1) is 26.9 Å². The van der Waals surface area contributed by atoms with Crippen molar-refractivity contribution in [3.63, 3.8) is 0 Å². The van der Waals surface area contributed by atoms with Crippen LogP contribution in [0.5, 0.6) is 0 Å². The highest BCUT2D eigenvalue weighted by molar-refractivity contribution is 6.07. The molecule has 30 heavy (non-hydrogen) atoms. The number of nitro groups is 1. The van der Waals surface area contributed by atoms with E-state index in [0.717, 1.165) is 0 Å². The Morgan fingerprint density at radius 1 is 1.33 bits per heavy atom. The van der Waals surface area contributed by atoms with Crippen LogP contribution in [-0.4, -0.2) is 58.3 Å². The van der Waals surface area contributed by atoms with Crippen LogP contribution in [0.3, 0.4) is 0 Å². The van der Waals surface area contributed by atoms with E-state index >= 15 is 0 Å². The van der Waals surface area contributed by atoms with Gasteiger partial charge in [0.2, 0.25) is 0 Å². The molecule has 158 valence electrons. The zero-order chi connectivity index (χ0) is 21.7. The number of ether oxygens (including phenoxy) is 1. The molecule has 1 aliphatic carbocycles. The van der Waals surface area contributed by atoms with Crippen molar-refractivity contribution >= 4 is 33.9 Å². The van der Waals surface area contributed by atoms with Crippen LogP contribution in [-0.2, 0) is 4.74 Å². The van der Waals surface area contributed by atoms with Gasteiger partial charge in [0.15, 0.2) is 5.69 Å². The SMILES string of the molecule is CC1(C)C(C(=N)N)C1(C(N)=Nc1c([N+](=O)[O-])cnc2ccccc12)N1CCOCC1. The largest absolute Gasteiger partial charge is 0.387 e. The van der Waals surface area contributed by atoms with Gasteiger partial charge < -0.3 is 16.2 Å². The Morgan fingerprint density at radius 2 is 2.00 bits per heavy atom. The number of aliphatic imine (C=N–C) groups is 1. The molecule has 4 rings (SSSR count). The van der Waals surface area contributed by atoms with Crippen molar-refractivity contribution < 1.29 is 9.66 Å². The standard InChI is InChI=1S/C20H25N7O3/c1-19(2)16(17(21)22)20(19,26-7-9-30-10-8-26)18(23)25-15-12-5-3-4-6-13(12)24-11-14(15)27(28)29/h3-6,11,16H,7-10H2,1-2H3,(H3,21,22)(H2,23,24,25). The predicted octanol–water partition coefficient (Wildman–Crippen LogP) is 1.79. The molecule has 2 aliphatic rings. The molecule has 5 N–H and O–H groups in total. The molecular formula is C20H25N7O3. The molecule has 2 fully saturated rings. The fourth-order valence-electron chi connectivity index (χ4n) is 5.07. The average molecular weight is 411 g/mol. The van der Waals surface area contributed by atoms with E-state index < -0.39 is 15.9 Å². The number of pyridine rings is 1. The summed E-state index contributed by atoms with van der Waals surface area (Å²) >= 11 is 0. The highest BCUT2D eigenvalue weighted by Gasteiger charge is 2.77. The second kappa shape index (κ2) is 6.99. The number of amidine groups is 2. The van der Waals surface area contributed by atoms with Gasteiger partial charge in [-0.05, 0) is 6.07 Å². The molecule has 2 aromatic rings. The summed E-state index contributed by atoms with van der Waals surface area (Å²) in [4.78, 5) is 22.1. The van der Waals surface area contributed by atoms with E-state index in [1.54, 1.807) is 18.2 Å². The summed E-state index contributed by atoms with van der Waals surface area (Å²) in [6.45, 7) is 6.29. The summed E-state index contributed by atoms with van der Waals surface area (Å²) in [5, 5.41) is 20.4. The van der Waals surface area contributed by atoms with Gasteiger partial charge in [-0.3, -0.25) is 20.4 Å². The van der Waals surface area contributed by atoms with Gasteiger partial charge >= 0.3 is 5.69 Å². The van der Waals surface area contributed by atoms with E-state index in [9.17, 15) is 10.1 Å². The number of nitrogens with two attached hydrogens (primary N) is 2. The number of benzene rings is 1. The molecule has 2 unspecified atom stereocenters. The Hall–Kier alpha value is -3.11. The van der Waals surface area contributed by atoms with E-state index in [0.29, 0.717) is 37.2 Å². The number of fused-ring (bicyclic) bond motifs is 1. The summed E-state index contributed by atoms with van der Waals surface area (Å²) in [5.41, 5.74) is 11.8. The molecule has 2 atom stereocenters. The maximum Gasteiger partial charge on any atom is 0.313 e. The Balaban J connectivity index is 1.92. The highest BCUT2D eigenvalue weighted by atomic mass is 16.6. The minimum Gasteiger partial charge on any atom is -0.387 e. The number of morpholine rings is 1. The van der Waals surface area contributed by atoms with Crippen LogP contribution in [0.2, 0.25) is 0 Å². The topological polar surface area (TPSA) is 157 Å². The molecule has 10 heteroatoms. The lowest BCUT2D eigenvalue weighted by Gasteiger charge is -2.37. The smallest absolute Gasteiger partial charge is 0.313 e. The van der Waals surface area contributed by atoms with Gasteiger partial charge in [0, 0.05) is 29.8 Å². The highest BCUT2D eigenvalue weighted by Crippen LogP contribution is 2.65. The first-order chi connectivity index (χ1) is 14.2. The summed E-state index contributed by atoms with van der Waals surface area (Å²) in [5.74, 6) is -0.105. The second-order valence-corrected chi connectivity index (χ2v) is 8.24. The van der Waals surface area contributed by atoms with E-state index in [1.807, 2.05) is 19.9 Å². The van der Waals surface area contributed by atoms with Crippen LogP contribution >= 0.6 is 0 Å². The molecule has 10 nitrogen and oxygen atoms in total. The molecule has 1 saturated heterocycles. The minimum atomic E-state index is -0.805. The van der Waals surface area contributed by atoms with Crippen molar-refractivity contribution in [2.45, 2.75) is 19.4 Å². The van der Waals surface area contributed by atoms with Gasteiger partial charge in [0.1, 0.15) is 12.0 Å². The third kappa shape index (κ3) is 2.75. The van der Waals surface area contributed by atoms with Gasteiger partial charge in [-0.1, -0.05) is 32.0 Å². The maximum atomic E-state index is 11.7. The summed E-state index contributed by atoms with van der Waals surface area (Å²) in [6.07, 6.45) is 1.20. The number of nitrogens with zero attached hydrogens (tertiary/aromatic N) is 4. The normalized spacial score (nSPS) is 26.5. The van der Waals surface area contributed by atoms with Crippen LogP contribution in [0.1, 0.15) is 13.8 Å². The molecule has 1 aromatic heterocycles. The third-order valence-electron chi connectivity index (χ3n) is 6.41. The molecule has 0 bridgehead atoms. The van der Waals surface area contributed by atoms with Crippen molar-refractivity contribution in [1.29, 1.82) is 5.41 Å². The lowest BCUT2D eigenvalue weighted by Crippen LogP contribution is -2.55. The van der Waals surface area contributed by atoms with Crippen molar-refractivity contribution in [3.8, 4) is 0 Å². The summed E-state index contributed by atoms with van der Waals surface area (Å²) in [6, 6.07) is 7.10. The number of nitrogens with one attached hydrogen (secondary N) is 1.